The molecule has 0 bridgehead atoms. The highest BCUT2D eigenvalue weighted by atomic mass is 15.1. The van der Waals surface area contributed by atoms with Gasteiger partial charge in [-0.2, -0.15) is 0 Å². The number of hydrogen-bond acceptors (Lipinski definition) is 2. The van der Waals surface area contributed by atoms with Gasteiger partial charge in [0.1, 0.15) is 0 Å². The first kappa shape index (κ1) is 11.3. The topological polar surface area (TPSA) is 29.9 Å². The molecule has 0 spiro atoms. The van der Waals surface area contributed by atoms with Crippen LogP contribution >= 0.6 is 0 Å². The van der Waals surface area contributed by atoms with Crippen LogP contribution < -0.4 is 5.32 Å². The molecular weight excluding hydrogens is 210 g/mol. The van der Waals surface area contributed by atoms with Crippen LogP contribution in [0.25, 0.3) is 0 Å². The molecule has 2 fully saturated rings. The fraction of sp³-hybridized carbons (Fsp3) is 0.786. The number of imidazole rings is 1. The summed E-state index contributed by atoms with van der Waals surface area (Å²) in [6.45, 7) is 3.54. The zero-order valence-electron chi connectivity index (χ0n) is 10.6. The zero-order chi connectivity index (χ0) is 11.5. The summed E-state index contributed by atoms with van der Waals surface area (Å²) >= 11 is 0. The van der Waals surface area contributed by atoms with Gasteiger partial charge in [0.05, 0.1) is 6.33 Å². The summed E-state index contributed by atoms with van der Waals surface area (Å²) in [6, 6.07) is 0. The van der Waals surface area contributed by atoms with Gasteiger partial charge in [-0.05, 0) is 38.3 Å². The third-order valence-corrected chi connectivity index (χ3v) is 4.39. The molecule has 1 aromatic rings. The van der Waals surface area contributed by atoms with Crippen molar-refractivity contribution in [2.45, 2.75) is 51.0 Å². The molecule has 1 N–H and O–H groups in total. The summed E-state index contributed by atoms with van der Waals surface area (Å²) in [5.41, 5.74) is 1.50. The van der Waals surface area contributed by atoms with Crippen molar-refractivity contribution >= 4 is 0 Å². The van der Waals surface area contributed by atoms with Gasteiger partial charge in [0.2, 0.25) is 0 Å². The van der Waals surface area contributed by atoms with E-state index in [0.29, 0.717) is 0 Å². The number of nitrogens with zero attached hydrogens (tertiary/aromatic N) is 2. The molecule has 17 heavy (non-hydrogen) atoms. The minimum atomic E-state index is 0.778. The molecule has 1 aromatic heterocycles. The number of nitrogens with one attached hydrogen (secondary N) is 1. The molecule has 0 radical (unpaired) electrons. The van der Waals surface area contributed by atoms with E-state index < -0.39 is 0 Å². The van der Waals surface area contributed by atoms with Crippen LogP contribution in [0.5, 0.6) is 0 Å². The molecule has 1 saturated carbocycles. The predicted octanol–water partition coefficient (Wildman–Crippen LogP) is 2.54. The Bertz CT molecular complexity index is 346. The molecule has 3 rings (SSSR count). The fourth-order valence-electron chi connectivity index (χ4n) is 3.37. The summed E-state index contributed by atoms with van der Waals surface area (Å²) in [5.74, 6) is 1.59. The maximum atomic E-state index is 4.38. The molecule has 1 aliphatic carbocycles. The Hall–Kier alpha value is -0.830. The van der Waals surface area contributed by atoms with Crippen molar-refractivity contribution in [2.24, 2.45) is 5.92 Å². The van der Waals surface area contributed by atoms with Gasteiger partial charge < -0.3 is 9.88 Å². The van der Waals surface area contributed by atoms with Gasteiger partial charge in [-0.1, -0.05) is 19.3 Å². The Morgan fingerprint density at radius 1 is 1.24 bits per heavy atom. The Morgan fingerprint density at radius 3 is 2.88 bits per heavy atom. The SMILES string of the molecule is c1ncn(CC2CCNC2)c1C1CCCCC1. The van der Waals surface area contributed by atoms with Gasteiger partial charge >= 0.3 is 0 Å². The van der Waals surface area contributed by atoms with Gasteiger partial charge in [-0.25, -0.2) is 4.98 Å². The lowest BCUT2D eigenvalue weighted by atomic mass is 9.87. The van der Waals surface area contributed by atoms with E-state index in [-0.39, 0.29) is 0 Å². The molecular formula is C14H23N3. The van der Waals surface area contributed by atoms with Gasteiger partial charge in [-0.15, -0.1) is 0 Å². The van der Waals surface area contributed by atoms with E-state index in [1.807, 2.05) is 6.33 Å². The average Bonchev–Trinajstić information content (AvgIpc) is 3.02. The highest BCUT2D eigenvalue weighted by Crippen LogP contribution is 2.32. The van der Waals surface area contributed by atoms with Crippen LogP contribution in [0.2, 0.25) is 0 Å². The summed E-state index contributed by atoms with van der Waals surface area (Å²) in [7, 11) is 0. The second-order valence-electron chi connectivity index (χ2n) is 5.66. The molecule has 0 aromatic carbocycles. The van der Waals surface area contributed by atoms with Gasteiger partial charge in [0.15, 0.2) is 0 Å². The van der Waals surface area contributed by atoms with E-state index >= 15 is 0 Å². The average molecular weight is 233 g/mol. The highest BCUT2D eigenvalue weighted by Gasteiger charge is 2.21. The van der Waals surface area contributed by atoms with Crippen LogP contribution in [0.1, 0.15) is 50.1 Å². The Morgan fingerprint density at radius 2 is 2.12 bits per heavy atom. The maximum Gasteiger partial charge on any atom is 0.0948 e. The predicted molar refractivity (Wildman–Crippen MR) is 69.0 cm³/mol. The summed E-state index contributed by atoms with van der Waals surface area (Å²) in [5, 5.41) is 3.45. The normalized spacial score (nSPS) is 26.5. The summed E-state index contributed by atoms with van der Waals surface area (Å²) in [4.78, 5) is 4.38. The molecule has 3 nitrogen and oxygen atoms in total. The molecule has 94 valence electrons. The van der Waals surface area contributed by atoms with Crippen molar-refractivity contribution in [1.82, 2.24) is 14.9 Å². The molecule has 3 heteroatoms. The number of rotatable bonds is 3. The van der Waals surface area contributed by atoms with Gasteiger partial charge in [0, 0.05) is 24.4 Å². The molecule has 2 aliphatic rings. The third-order valence-electron chi connectivity index (χ3n) is 4.39. The molecule has 1 aliphatic heterocycles. The van der Waals surface area contributed by atoms with E-state index in [2.05, 4.69) is 21.1 Å². The van der Waals surface area contributed by atoms with E-state index in [0.717, 1.165) is 11.8 Å². The second kappa shape index (κ2) is 5.21. The quantitative estimate of drug-likeness (QED) is 0.869. The van der Waals surface area contributed by atoms with Crippen molar-refractivity contribution in [1.29, 1.82) is 0 Å². The lowest BCUT2D eigenvalue weighted by Gasteiger charge is -2.23. The Labute approximate surface area is 104 Å². The first-order valence-electron chi connectivity index (χ1n) is 7.14. The van der Waals surface area contributed by atoms with Crippen LogP contribution in [-0.2, 0) is 6.54 Å². The van der Waals surface area contributed by atoms with Crippen molar-refractivity contribution in [3.8, 4) is 0 Å². The van der Waals surface area contributed by atoms with Crippen LogP contribution in [0.4, 0.5) is 0 Å². The summed E-state index contributed by atoms with van der Waals surface area (Å²) in [6.07, 6.45) is 12.4. The van der Waals surface area contributed by atoms with Crippen molar-refractivity contribution in [3.63, 3.8) is 0 Å². The largest absolute Gasteiger partial charge is 0.334 e. The van der Waals surface area contributed by atoms with Crippen LogP contribution in [0, 0.1) is 5.92 Å². The van der Waals surface area contributed by atoms with E-state index in [4.69, 9.17) is 0 Å². The van der Waals surface area contributed by atoms with Crippen LogP contribution in [0.3, 0.4) is 0 Å². The van der Waals surface area contributed by atoms with Crippen LogP contribution in [-0.4, -0.2) is 22.6 Å². The minimum absolute atomic E-state index is 0.778. The zero-order valence-corrected chi connectivity index (χ0v) is 10.6. The molecule has 1 saturated heterocycles. The summed E-state index contributed by atoms with van der Waals surface area (Å²) < 4.78 is 2.42. The van der Waals surface area contributed by atoms with E-state index in [1.165, 1.54) is 63.9 Å². The Balaban J connectivity index is 1.69. The van der Waals surface area contributed by atoms with Crippen LogP contribution in [0.15, 0.2) is 12.5 Å². The maximum absolute atomic E-state index is 4.38. The Kier molecular flexibility index (Phi) is 3.46. The monoisotopic (exact) mass is 233 g/mol. The van der Waals surface area contributed by atoms with Crippen molar-refractivity contribution < 1.29 is 0 Å². The van der Waals surface area contributed by atoms with Crippen molar-refractivity contribution in [3.05, 3.63) is 18.2 Å². The molecule has 0 amide bonds. The highest BCUT2D eigenvalue weighted by molar-refractivity contribution is 5.07. The standard InChI is InChI=1S/C14H23N3/c1-2-4-13(5-3-1)14-9-16-11-17(14)10-12-6-7-15-8-12/h9,11-13,15H,1-8,10H2. The molecule has 1 atom stereocenters. The van der Waals surface area contributed by atoms with E-state index in [1.54, 1.807) is 0 Å². The second-order valence-corrected chi connectivity index (χ2v) is 5.66. The molecule has 2 heterocycles. The lowest BCUT2D eigenvalue weighted by Crippen LogP contribution is -2.17. The van der Waals surface area contributed by atoms with Gasteiger partial charge in [0.25, 0.3) is 0 Å². The fourth-order valence-corrected chi connectivity index (χ4v) is 3.37. The minimum Gasteiger partial charge on any atom is -0.334 e. The smallest absolute Gasteiger partial charge is 0.0948 e. The number of hydrogen-bond donors (Lipinski definition) is 1. The van der Waals surface area contributed by atoms with Crippen molar-refractivity contribution in [2.75, 3.05) is 13.1 Å². The molecule has 1 unspecified atom stereocenters. The van der Waals surface area contributed by atoms with Gasteiger partial charge in [-0.3, -0.25) is 0 Å². The number of aromatic nitrogens is 2. The first-order chi connectivity index (χ1) is 8.43. The van der Waals surface area contributed by atoms with E-state index in [9.17, 15) is 0 Å². The first-order valence-corrected chi connectivity index (χ1v) is 7.14. The third kappa shape index (κ3) is 2.54. The lowest BCUT2D eigenvalue weighted by molar-refractivity contribution is 0.404.